The molecule has 0 radical (unpaired) electrons. The Morgan fingerprint density at radius 3 is 1.75 bits per heavy atom. The van der Waals surface area contributed by atoms with Crippen LogP contribution < -0.4 is 0 Å². The fourth-order valence-corrected chi connectivity index (χ4v) is 1.18. The number of hydrogen-bond acceptors (Lipinski definition) is 1. The molecule has 0 bridgehead atoms. The minimum Gasteiger partial charge on any atom is -0.372 e. The molecule has 0 amide bonds. The van der Waals surface area contributed by atoms with E-state index in [1.165, 1.54) is 0 Å². The fraction of sp³-hybridized carbons (Fsp3) is 1.00. The van der Waals surface area contributed by atoms with Gasteiger partial charge in [0, 0.05) is 5.92 Å². The molecule has 0 aromatic carbocycles. The van der Waals surface area contributed by atoms with Crippen molar-refractivity contribution in [3.63, 3.8) is 0 Å². The Morgan fingerprint density at radius 1 is 1.25 bits per heavy atom. The highest BCUT2D eigenvalue weighted by Gasteiger charge is 2.42. The van der Waals surface area contributed by atoms with Crippen LogP contribution in [0.4, 0.5) is 0 Å². The highest BCUT2D eigenvalue weighted by Crippen LogP contribution is 2.37. The van der Waals surface area contributed by atoms with E-state index in [9.17, 15) is 0 Å². The lowest BCUT2D eigenvalue weighted by Crippen LogP contribution is -2.53. The zero-order chi connectivity index (χ0) is 6.36. The van der Waals surface area contributed by atoms with Gasteiger partial charge < -0.3 is 4.74 Å². The molecule has 1 aliphatic heterocycles. The van der Waals surface area contributed by atoms with E-state index in [-0.39, 0.29) is 5.60 Å². The van der Waals surface area contributed by atoms with Gasteiger partial charge in [0.1, 0.15) is 0 Å². The maximum atomic E-state index is 5.44. The quantitative estimate of drug-likeness (QED) is 0.466. The van der Waals surface area contributed by atoms with Crippen LogP contribution in [0.1, 0.15) is 27.7 Å². The summed E-state index contributed by atoms with van der Waals surface area (Å²) < 4.78 is 5.44. The van der Waals surface area contributed by atoms with Gasteiger partial charge in [-0.1, -0.05) is 6.92 Å². The molecule has 1 heteroatoms. The van der Waals surface area contributed by atoms with E-state index in [1.54, 1.807) is 0 Å². The molecule has 8 heavy (non-hydrogen) atoms. The molecule has 2 atom stereocenters. The van der Waals surface area contributed by atoms with Crippen LogP contribution in [0.25, 0.3) is 0 Å². The van der Waals surface area contributed by atoms with Gasteiger partial charge in [-0.25, -0.2) is 0 Å². The molecule has 0 aromatic rings. The zero-order valence-corrected chi connectivity index (χ0v) is 6.06. The summed E-state index contributed by atoms with van der Waals surface area (Å²) in [6.45, 7) is 8.62. The summed E-state index contributed by atoms with van der Waals surface area (Å²) >= 11 is 0. The maximum Gasteiger partial charge on any atom is 0.0680 e. The summed E-state index contributed by atoms with van der Waals surface area (Å²) in [7, 11) is 0. The molecular weight excluding hydrogens is 100 g/mol. The van der Waals surface area contributed by atoms with Gasteiger partial charge in [-0.15, -0.1) is 0 Å². The van der Waals surface area contributed by atoms with E-state index in [1.807, 2.05) is 0 Å². The first-order valence-electron chi connectivity index (χ1n) is 3.22. The van der Waals surface area contributed by atoms with E-state index in [0.717, 1.165) is 5.92 Å². The van der Waals surface area contributed by atoms with Crippen LogP contribution in [0, 0.1) is 5.92 Å². The molecule has 0 saturated carbocycles. The van der Waals surface area contributed by atoms with E-state index >= 15 is 0 Å². The van der Waals surface area contributed by atoms with Crippen molar-refractivity contribution in [1.82, 2.24) is 0 Å². The number of rotatable bonds is 0. The van der Waals surface area contributed by atoms with Gasteiger partial charge in [0.25, 0.3) is 0 Å². The smallest absolute Gasteiger partial charge is 0.0680 e. The second-order valence-electron chi connectivity index (χ2n) is 3.22. The van der Waals surface area contributed by atoms with Gasteiger partial charge in [-0.2, -0.15) is 0 Å². The fourth-order valence-electron chi connectivity index (χ4n) is 1.18. The van der Waals surface area contributed by atoms with Gasteiger partial charge in [0.05, 0.1) is 11.7 Å². The van der Waals surface area contributed by atoms with Gasteiger partial charge >= 0.3 is 0 Å². The lowest BCUT2D eigenvalue weighted by Gasteiger charge is -2.48. The Morgan fingerprint density at radius 2 is 1.75 bits per heavy atom. The van der Waals surface area contributed by atoms with Crippen LogP contribution in [0.2, 0.25) is 0 Å². The number of ether oxygens (including phenoxy) is 1. The molecular formula is C7H14O. The third kappa shape index (κ3) is 0.655. The molecule has 1 rings (SSSR count). The van der Waals surface area contributed by atoms with Crippen molar-refractivity contribution in [3.8, 4) is 0 Å². The Kier molecular flexibility index (Phi) is 1.12. The molecule has 0 spiro atoms. The second kappa shape index (κ2) is 1.47. The third-order valence-electron chi connectivity index (χ3n) is 2.29. The summed E-state index contributed by atoms with van der Waals surface area (Å²) in [5.41, 5.74) is 0.152. The molecule has 48 valence electrons. The first-order chi connectivity index (χ1) is 3.54. The van der Waals surface area contributed by atoms with Crippen molar-refractivity contribution in [2.45, 2.75) is 39.4 Å². The van der Waals surface area contributed by atoms with Crippen molar-refractivity contribution in [2.75, 3.05) is 0 Å². The molecule has 1 nitrogen and oxygen atoms in total. The van der Waals surface area contributed by atoms with Crippen LogP contribution in [0.15, 0.2) is 0 Å². The summed E-state index contributed by atoms with van der Waals surface area (Å²) in [5, 5.41) is 0. The number of hydrogen-bond donors (Lipinski definition) is 0. The summed E-state index contributed by atoms with van der Waals surface area (Å²) in [6, 6.07) is 0. The molecule has 1 fully saturated rings. The topological polar surface area (TPSA) is 9.23 Å². The monoisotopic (exact) mass is 114 g/mol. The van der Waals surface area contributed by atoms with Crippen molar-refractivity contribution in [2.24, 2.45) is 5.92 Å². The van der Waals surface area contributed by atoms with Gasteiger partial charge in [0.2, 0.25) is 0 Å². The molecule has 1 saturated heterocycles. The molecule has 1 aliphatic rings. The predicted octanol–water partition coefficient (Wildman–Crippen LogP) is 1.82. The molecule has 0 aromatic heterocycles. The third-order valence-corrected chi connectivity index (χ3v) is 2.29. The van der Waals surface area contributed by atoms with E-state index in [0.29, 0.717) is 6.10 Å². The highest BCUT2D eigenvalue weighted by molar-refractivity contribution is 4.90. The summed E-state index contributed by atoms with van der Waals surface area (Å²) in [5.74, 6) is 0.725. The minimum absolute atomic E-state index is 0.152. The first-order valence-corrected chi connectivity index (χ1v) is 3.22. The van der Waals surface area contributed by atoms with Gasteiger partial charge in [-0.3, -0.25) is 0 Å². The normalized spacial score (nSPS) is 43.5. The Bertz CT molecular complexity index is 96.6. The zero-order valence-electron chi connectivity index (χ0n) is 6.06. The summed E-state index contributed by atoms with van der Waals surface area (Å²) in [4.78, 5) is 0. The predicted molar refractivity (Wildman–Crippen MR) is 33.8 cm³/mol. The van der Waals surface area contributed by atoms with Gasteiger partial charge in [-0.05, 0) is 20.8 Å². The van der Waals surface area contributed by atoms with Crippen LogP contribution in [0.3, 0.4) is 0 Å². The maximum absolute atomic E-state index is 5.44. The van der Waals surface area contributed by atoms with Crippen molar-refractivity contribution in [1.29, 1.82) is 0 Å². The average Bonchev–Trinajstić information content (AvgIpc) is 1.65. The van der Waals surface area contributed by atoms with Gasteiger partial charge in [0.15, 0.2) is 0 Å². The molecule has 0 aliphatic carbocycles. The highest BCUT2D eigenvalue weighted by atomic mass is 16.5. The first kappa shape index (κ1) is 6.09. The minimum atomic E-state index is 0.152. The van der Waals surface area contributed by atoms with Crippen molar-refractivity contribution < 1.29 is 4.74 Å². The van der Waals surface area contributed by atoms with Crippen LogP contribution in [0.5, 0.6) is 0 Å². The lowest BCUT2D eigenvalue weighted by atomic mass is 9.82. The SMILES string of the molecule is C[C@@H]1OC(C)(C)[C@H]1C. The standard InChI is InChI=1S/C7H14O/c1-5-6(2)8-7(5,3)4/h5-6H,1-4H3/t5-,6-/m0/s1. The Balaban J connectivity index is 2.47. The van der Waals surface area contributed by atoms with Crippen LogP contribution >= 0.6 is 0 Å². The Hall–Kier alpha value is -0.0400. The van der Waals surface area contributed by atoms with E-state index in [2.05, 4.69) is 27.7 Å². The summed E-state index contributed by atoms with van der Waals surface area (Å²) in [6.07, 6.45) is 0.477. The Labute approximate surface area is 51.0 Å². The van der Waals surface area contributed by atoms with Crippen LogP contribution in [-0.4, -0.2) is 11.7 Å². The largest absolute Gasteiger partial charge is 0.372 e. The lowest BCUT2D eigenvalue weighted by molar-refractivity contribution is -0.226. The van der Waals surface area contributed by atoms with Crippen molar-refractivity contribution >= 4 is 0 Å². The molecule has 1 heterocycles. The molecule has 0 unspecified atom stereocenters. The average molecular weight is 114 g/mol. The second-order valence-corrected chi connectivity index (χ2v) is 3.22. The van der Waals surface area contributed by atoms with E-state index < -0.39 is 0 Å². The molecule has 0 N–H and O–H groups in total. The van der Waals surface area contributed by atoms with Crippen molar-refractivity contribution in [3.05, 3.63) is 0 Å². The van der Waals surface area contributed by atoms with Crippen LogP contribution in [-0.2, 0) is 4.74 Å². The van der Waals surface area contributed by atoms with E-state index in [4.69, 9.17) is 4.74 Å².